The fourth-order valence-corrected chi connectivity index (χ4v) is 3.11. The molecule has 1 heterocycles. The third-order valence-electron chi connectivity index (χ3n) is 3.22. The number of benzene rings is 1. The molecule has 2 aromatic rings. The van der Waals surface area contributed by atoms with E-state index >= 15 is 0 Å². The monoisotopic (exact) mass is 526 g/mol. The highest BCUT2D eigenvalue weighted by Gasteiger charge is 2.11. The maximum absolute atomic E-state index is 13.1. The van der Waals surface area contributed by atoms with Crippen molar-refractivity contribution < 1.29 is 14.3 Å². The number of aliphatic hydroxyl groups excluding tert-OH is 1. The Labute approximate surface area is 183 Å². The van der Waals surface area contributed by atoms with Crippen LogP contribution >= 0.6 is 46.9 Å². The number of carbonyl (C=O) groups is 1. The van der Waals surface area contributed by atoms with Crippen molar-refractivity contribution in [1.82, 2.24) is 10.6 Å². The van der Waals surface area contributed by atoms with E-state index in [4.69, 9.17) is 11.6 Å². The summed E-state index contributed by atoms with van der Waals surface area (Å²) in [6.07, 6.45) is -0.738. The van der Waals surface area contributed by atoms with Crippen LogP contribution in [0.1, 0.15) is 17.9 Å². The number of nitrogens with zero attached hydrogens (tertiary/aromatic N) is 1. The van der Waals surface area contributed by atoms with Crippen molar-refractivity contribution >= 4 is 64.5 Å². The van der Waals surface area contributed by atoms with E-state index < -0.39 is 11.9 Å². The Morgan fingerprint density at radius 1 is 1.33 bits per heavy atom. The Morgan fingerprint density at radius 2 is 2.11 bits per heavy atom. The number of thiophene rings is 1. The van der Waals surface area contributed by atoms with Gasteiger partial charge in [0.05, 0.1) is 4.34 Å². The van der Waals surface area contributed by atoms with Crippen molar-refractivity contribution in [3.05, 3.63) is 51.4 Å². The molecule has 4 N–H and O–H groups in total. The van der Waals surface area contributed by atoms with Gasteiger partial charge in [-0.1, -0.05) is 17.7 Å². The average Bonchev–Trinajstić information content (AvgIpc) is 3.03. The molecule has 1 aromatic carbocycles. The summed E-state index contributed by atoms with van der Waals surface area (Å²) in [6.45, 7) is 2.55. The molecular weight excluding hydrogens is 506 g/mol. The number of hydrogen-bond acceptors (Lipinski definition) is 4. The molecule has 0 fully saturated rings. The first-order valence-electron chi connectivity index (χ1n) is 7.99. The molecule has 148 valence electrons. The number of anilines is 1. The molecule has 0 aliphatic carbocycles. The van der Waals surface area contributed by atoms with Gasteiger partial charge in [-0.15, -0.1) is 35.3 Å². The lowest BCUT2D eigenvalue weighted by Gasteiger charge is -2.14. The summed E-state index contributed by atoms with van der Waals surface area (Å²) >= 11 is 7.16. The van der Waals surface area contributed by atoms with Gasteiger partial charge in [0.2, 0.25) is 5.91 Å². The van der Waals surface area contributed by atoms with E-state index in [9.17, 15) is 14.3 Å². The van der Waals surface area contributed by atoms with E-state index in [0.29, 0.717) is 22.5 Å². The number of nitrogens with one attached hydrogen (secondary N) is 3. The van der Waals surface area contributed by atoms with E-state index in [1.54, 1.807) is 18.2 Å². The fraction of sp³-hybridized carbons (Fsp3) is 0.294. The lowest BCUT2D eigenvalue weighted by Crippen LogP contribution is -2.40. The van der Waals surface area contributed by atoms with Crippen LogP contribution in [0.15, 0.2) is 41.4 Å². The molecule has 0 radical (unpaired) electrons. The molecule has 1 atom stereocenters. The molecule has 2 rings (SSSR count). The zero-order chi connectivity index (χ0) is 18.9. The quantitative estimate of drug-likeness (QED) is 0.253. The molecule has 1 amide bonds. The number of guanidine groups is 1. The summed E-state index contributed by atoms with van der Waals surface area (Å²) in [5.74, 6) is -0.411. The summed E-state index contributed by atoms with van der Waals surface area (Å²) < 4.78 is 13.7. The maximum Gasteiger partial charge on any atom is 0.246 e. The molecule has 0 aliphatic heterocycles. The molecule has 0 bridgehead atoms. The van der Waals surface area contributed by atoms with Gasteiger partial charge in [-0.25, -0.2) is 9.38 Å². The largest absolute Gasteiger partial charge is 0.386 e. The van der Waals surface area contributed by atoms with Gasteiger partial charge in [0.15, 0.2) is 5.96 Å². The van der Waals surface area contributed by atoms with Crippen molar-refractivity contribution in [2.75, 3.05) is 25.0 Å². The third kappa shape index (κ3) is 8.41. The topological polar surface area (TPSA) is 85.8 Å². The second kappa shape index (κ2) is 12.1. The van der Waals surface area contributed by atoms with E-state index in [-0.39, 0.29) is 43.0 Å². The minimum Gasteiger partial charge on any atom is -0.386 e. The molecule has 10 heteroatoms. The van der Waals surface area contributed by atoms with Gasteiger partial charge in [0.25, 0.3) is 0 Å². The standard InChI is InChI=1S/C17H20ClFN4O2S.HI/c1-2-20-17(21-9-13(24)14-6-7-15(18)26-14)22-10-16(25)23-12-5-3-4-11(19)8-12;/h3-8,13,24H,2,9-10H2,1H3,(H,23,25)(H2,20,21,22);1H. The van der Waals surface area contributed by atoms with Gasteiger partial charge in [0, 0.05) is 23.7 Å². The van der Waals surface area contributed by atoms with Crippen molar-refractivity contribution in [2.45, 2.75) is 13.0 Å². The predicted octanol–water partition coefficient (Wildman–Crippen LogP) is 3.39. The Kier molecular flexibility index (Phi) is 10.6. The summed E-state index contributed by atoms with van der Waals surface area (Å²) in [5.41, 5.74) is 0.369. The van der Waals surface area contributed by atoms with Crippen LogP contribution in [-0.2, 0) is 4.79 Å². The lowest BCUT2D eigenvalue weighted by molar-refractivity contribution is -0.114. The molecule has 1 unspecified atom stereocenters. The number of carbonyl (C=O) groups excluding carboxylic acids is 1. The molecule has 6 nitrogen and oxygen atoms in total. The summed E-state index contributed by atoms with van der Waals surface area (Å²) in [6, 6.07) is 9.12. The van der Waals surface area contributed by atoms with E-state index in [0.717, 1.165) is 4.88 Å². The van der Waals surface area contributed by atoms with E-state index in [1.807, 2.05) is 6.92 Å². The van der Waals surface area contributed by atoms with Crippen LogP contribution in [-0.4, -0.2) is 36.6 Å². The van der Waals surface area contributed by atoms with Crippen LogP contribution in [0.5, 0.6) is 0 Å². The molecule has 0 spiro atoms. The normalized spacial score (nSPS) is 12.1. The second-order valence-electron chi connectivity index (χ2n) is 5.29. The van der Waals surface area contributed by atoms with Gasteiger partial charge < -0.3 is 21.1 Å². The average molecular weight is 527 g/mol. The lowest BCUT2D eigenvalue weighted by atomic mass is 10.3. The number of halogens is 3. The van der Waals surface area contributed by atoms with Crippen LogP contribution < -0.4 is 16.0 Å². The number of amides is 1. The molecule has 0 aliphatic rings. The minimum absolute atomic E-state index is 0. The molecule has 1 aromatic heterocycles. The fourth-order valence-electron chi connectivity index (χ4n) is 2.06. The van der Waals surface area contributed by atoms with Gasteiger partial charge >= 0.3 is 0 Å². The number of hydrogen-bond donors (Lipinski definition) is 4. The highest BCUT2D eigenvalue weighted by atomic mass is 127. The van der Waals surface area contributed by atoms with Crippen molar-refractivity contribution in [3.63, 3.8) is 0 Å². The first-order valence-corrected chi connectivity index (χ1v) is 9.18. The first kappa shape index (κ1) is 23.6. The first-order chi connectivity index (χ1) is 12.5. The van der Waals surface area contributed by atoms with Crippen LogP contribution in [0, 0.1) is 5.82 Å². The van der Waals surface area contributed by atoms with Crippen LogP contribution in [0.2, 0.25) is 4.34 Å². The molecule has 0 saturated heterocycles. The van der Waals surface area contributed by atoms with Gasteiger partial charge in [-0.05, 0) is 37.3 Å². The minimum atomic E-state index is -0.738. The summed E-state index contributed by atoms with van der Waals surface area (Å²) in [5, 5.41) is 18.7. The summed E-state index contributed by atoms with van der Waals surface area (Å²) in [4.78, 5) is 16.8. The van der Waals surface area contributed by atoms with Crippen molar-refractivity contribution in [2.24, 2.45) is 4.99 Å². The second-order valence-corrected chi connectivity index (χ2v) is 7.04. The maximum atomic E-state index is 13.1. The Hall–Kier alpha value is -1.43. The molecule has 27 heavy (non-hydrogen) atoms. The van der Waals surface area contributed by atoms with Gasteiger partial charge in [-0.2, -0.15) is 0 Å². The predicted molar refractivity (Wildman–Crippen MR) is 119 cm³/mol. The van der Waals surface area contributed by atoms with Crippen molar-refractivity contribution in [1.29, 1.82) is 0 Å². The van der Waals surface area contributed by atoms with Crippen LogP contribution in [0.25, 0.3) is 0 Å². The Morgan fingerprint density at radius 3 is 2.74 bits per heavy atom. The highest BCUT2D eigenvalue weighted by molar-refractivity contribution is 14.0. The third-order valence-corrected chi connectivity index (χ3v) is 4.55. The molecule has 0 saturated carbocycles. The zero-order valence-corrected chi connectivity index (χ0v) is 18.4. The number of aliphatic imine (C=N–C) groups is 1. The Bertz CT molecular complexity index is 775. The smallest absolute Gasteiger partial charge is 0.246 e. The SMILES string of the molecule is CCNC(=NCC(=O)Nc1cccc(F)c1)NCC(O)c1ccc(Cl)s1.I. The van der Waals surface area contributed by atoms with Gasteiger partial charge in [0.1, 0.15) is 18.5 Å². The molecular formula is C17H21ClFIN4O2S. The summed E-state index contributed by atoms with van der Waals surface area (Å²) in [7, 11) is 0. The van der Waals surface area contributed by atoms with E-state index in [2.05, 4.69) is 20.9 Å². The van der Waals surface area contributed by atoms with Crippen LogP contribution in [0.4, 0.5) is 10.1 Å². The number of aliphatic hydroxyl groups is 1. The highest BCUT2D eigenvalue weighted by Crippen LogP contribution is 2.26. The number of rotatable bonds is 7. The van der Waals surface area contributed by atoms with Crippen molar-refractivity contribution in [3.8, 4) is 0 Å². The zero-order valence-electron chi connectivity index (χ0n) is 14.5. The van der Waals surface area contributed by atoms with Crippen LogP contribution in [0.3, 0.4) is 0 Å². The van der Waals surface area contributed by atoms with Gasteiger partial charge in [-0.3, -0.25) is 4.79 Å². The van der Waals surface area contributed by atoms with E-state index in [1.165, 1.54) is 29.5 Å². The Balaban J connectivity index is 0.00000364.